The molecule has 1 heterocycles. The molecule has 62 valence electrons. The molecule has 0 saturated heterocycles. The van der Waals surface area contributed by atoms with Crippen LogP contribution < -0.4 is 0 Å². The van der Waals surface area contributed by atoms with Crippen LogP contribution in [-0.2, 0) is 6.42 Å². The SMILES string of the molecule is CCc1cc2c(Cl)cccc2o1. The van der Waals surface area contributed by atoms with Crippen molar-refractivity contribution in [3.05, 3.63) is 35.0 Å². The maximum absolute atomic E-state index is 5.97. The van der Waals surface area contributed by atoms with Crippen LogP contribution in [0.15, 0.2) is 28.7 Å². The van der Waals surface area contributed by atoms with Gasteiger partial charge in [0.1, 0.15) is 11.3 Å². The van der Waals surface area contributed by atoms with Crippen molar-refractivity contribution in [2.75, 3.05) is 0 Å². The molecule has 0 spiro atoms. The Kier molecular flexibility index (Phi) is 1.81. The van der Waals surface area contributed by atoms with Crippen LogP contribution in [0.25, 0.3) is 11.0 Å². The van der Waals surface area contributed by atoms with E-state index in [1.165, 1.54) is 0 Å². The molecule has 1 nitrogen and oxygen atoms in total. The summed E-state index contributed by atoms with van der Waals surface area (Å²) in [5.41, 5.74) is 0.874. The number of rotatable bonds is 1. The van der Waals surface area contributed by atoms with Crippen LogP contribution in [0, 0.1) is 0 Å². The highest BCUT2D eigenvalue weighted by molar-refractivity contribution is 6.35. The molecule has 2 rings (SSSR count). The van der Waals surface area contributed by atoms with E-state index in [1.807, 2.05) is 24.3 Å². The van der Waals surface area contributed by atoms with Crippen molar-refractivity contribution < 1.29 is 4.42 Å². The summed E-state index contributed by atoms with van der Waals surface area (Å²) >= 11 is 5.97. The van der Waals surface area contributed by atoms with Gasteiger partial charge in [0.05, 0.1) is 5.02 Å². The highest BCUT2D eigenvalue weighted by Crippen LogP contribution is 2.26. The van der Waals surface area contributed by atoms with Gasteiger partial charge in [-0.1, -0.05) is 24.6 Å². The molecule has 0 aliphatic carbocycles. The van der Waals surface area contributed by atoms with Gasteiger partial charge in [0, 0.05) is 11.8 Å². The molecule has 0 unspecified atom stereocenters. The molecule has 0 N–H and O–H groups in total. The molecule has 0 radical (unpaired) electrons. The van der Waals surface area contributed by atoms with Crippen LogP contribution in [0.3, 0.4) is 0 Å². The molecule has 2 heteroatoms. The van der Waals surface area contributed by atoms with Gasteiger partial charge in [-0.15, -0.1) is 0 Å². The molecule has 2 aromatic rings. The summed E-state index contributed by atoms with van der Waals surface area (Å²) in [4.78, 5) is 0. The summed E-state index contributed by atoms with van der Waals surface area (Å²) in [6.07, 6.45) is 0.908. The lowest BCUT2D eigenvalue weighted by Crippen LogP contribution is -1.67. The molecular weight excluding hydrogens is 172 g/mol. The van der Waals surface area contributed by atoms with E-state index in [4.69, 9.17) is 16.0 Å². The first-order valence-corrected chi connectivity index (χ1v) is 4.36. The van der Waals surface area contributed by atoms with E-state index < -0.39 is 0 Å². The van der Waals surface area contributed by atoms with Gasteiger partial charge in [0.2, 0.25) is 0 Å². The second-order valence-corrected chi connectivity index (χ2v) is 3.13. The Morgan fingerprint density at radius 1 is 1.42 bits per heavy atom. The van der Waals surface area contributed by atoms with E-state index in [2.05, 4.69) is 6.92 Å². The van der Waals surface area contributed by atoms with Crippen molar-refractivity contribution >= 4 is 22.6 Å². The summed E-state index contributed by atoms with van der Waals surface area (Å²) in [5, 5.41) is 1.77. The van der Waals surface area contributed by atoms with E-state index in [0.29, 0.717) is 0 Å². The van der Waals surface area contributed by atoms with Crippen molar-refractivity contribution in [1.29, 1.82) is 0 Å². The minimum atomic E-state index is 0.760. The van der Waals surface area contributed by atoms with Gasteiger partial charge in [-0.05, 0) is 18.2 Å². The topological polar surface area (TPSA) is 13.1 Å². The second-order valence-electron chi connectivity index (χ2n) is 2.72. The van der Waals surface area contributed by atoms with Crippen LogP contribution in [0.5, 0.6) is 0 Å². The lowest BCUT2D eigenvalue weighted by molar-refractivity contribution is 0.557. The third-order valence-corrected chi connectivity index (χ3v) is 2.24. The maximum Gasteiger partial charge on any atom is 0.135 e. The number of furan rings is 1. The number of halogens is 1. The van der Waals surface area contributed by atoms with E-state index >= 15 is 0 Å². The summed E-state index contributed by atoms with van der Waals surface area (Å²) < 4.78 is 5.51. The average molecular weight is 181 g/mol. The number of hydrogen-bond acceptors (Lipinski definition) is 1. The average Bonchev–Trinajstić information content (AvgIpc) is 2.49. The van der Waals surface area contributed by atoms with Crippen molar-refractivity contribution in [1.82, 2.24) is 0 Å². The Morgan fingerprint density at radius 2 is 2.25 bits per heavy atom. The predicted octanol–water partition coefficient (Wildman–Crippen LogP) is 3.65. The lowest BCUT2D eigenvalue weighted by atomic mass is 10.2. The first-order chi connectivity index (χ1) is 5.81. The Hall–Kier alpha value is -0.950. The van der Waals surface area contributed by atoms with Gasteiger partial charge >= 0.3 is 0 Å². The quantitative estimate of drug-likeness (QED) is 0.653. The molecule has 0 aliphatic heterocycles. The molecule has 0 amide bonds. The van der Waals surface area contributed by atoms with E-state index in [9.17, 15) is 0 Å². The van der Waals surface area contributed by atoms with Crippen LogP contribution in [0.1, 0.15) is 12.7 Å². The summed E-state index contributed by atoms with van der Waals surface area (Å²) in [7, 11) is 0. The van der Waals surface area contributed by atoms with Gasteiger partial charge in [-0.2, -0.15) is 0 Å². The molecular formula is C10H9ClO. The molecule has 1 aromatic carbocycles. The zero-order valence-corrected chi connectivity index (χ0v) is 7.56. The van der Waals surface area contributed by atoms with Crippen molar-refractivity contribution in [3.8, 4) is 0 Å². The molecule has 0 saturated carbocycles. The Bertz CT molecular complexity index is 403. The zero-order chi connectivity index (χ0) is 8.55. The lowest BCUT2D eigenvalue weighted by Gasteiger charge is -1.88. The standard InChI is InChI=1S/C10H9ClO/c1-2-7-6-8-9(11)4-3-5-10(8)12-7/h3-6H,2H2,1H3. The molecule has 0 aliphatic rings. The molecule has 1 aromatic heterocycles. The number of benzene rings is 1. The number of hydrogen-bond donors (Lipinski definition) is 0. The molecule has 0 bridgehead atoms. The predicted molar refractivity (Wildman–Crippen MR) is 50.6 cm³/mol. The number of fused-ring (bicyclic) bond motifs is 1. The summed E-state index contributed by atoms with van der Waals surface area (Å²) in [6.45, 7) is 2.06. The minimum absolute atomic E-state index is 0.760. The molecule has 0 fully saturated rings. The van der Waals surface area contributed by atoms with Crippen LogP contribution in [0.4, 0.5) is 0 Å². The van der Waals surface area contributed by atoms with Crippen molar-refractivity contribution in [2.45, 2.75) is 13.3 Å². The van der Waals surface area contributed by atoms with E-state index in [-0.39, 0.29) is 0 Å². The fourth-order valence-electron chi connectivity index (χ4n) is 1.25. The van der Waals surface area contributed by atoms with Crippen molar-refractivity contribution in [2.24, 2.45) is 0 Å². The van der Waals surface area contributed by atoms with Gasteiger partial charge < -0.3 is 4.42 Å². The van der Waals surface area contributed by atoms with Crippen molar-refractivity contribution in [3.63, 3.8) is 0 Å². The van der Waals surface area contributed by atoms with Gasteiger partial charge in [0.25, 0.3) is 0 Å². The van der Waals surface area contributed by atoms with Crippen LogP contribution >= 0.6 is 11.6 Å². The molecule has 0 atom stereocenters. The fraction of sp³-hybridized carbons (Fsp3) is 0.200. The summed E-state index contributed by atoms with van der Waals surface area (Å²) in [6, 6.07) is 7.70. The van der Waals surface area contributed by atoms with E-state index in [1.54, 1.807) is 0 Å². The van der Waals surface area contributed by atoms with Gasteiger partial charge in [-0.3, -0.25) is 0 Å². The molecule has 12 heavy (non-hydrogen) atoms. The van der Waals surface area contributed by atoms with Crippen LogP contribution in [0.2, 0.25) is 5.02 Å². The zero-order valence-electron chi connectivity index (χ0n) is 6.80. The monoisotopic (exact) mass is 180 g/mol. The highest BCUT2D eigenvalue weighted by Gasteiger charge is 2.03. The number of aryl methyl sites for hydroxylation is 1. The normalized spacial score (nSPS) is 10.8. The first kappa shape index (κ1) is 7.69. The largest absolute Gasteiger partial charge is 0.461 e. The van der Waals surface area contributed by atoms with Gasteiger partial charge in [-0.25, -0.2) is 0 Å². The fourth-order valence-corrected chi connectivity index (χ4v) is 1.47. The van der Waals surface area contributed by atoms with Crippen LogP contribution in [-0.4, -0.2) is 0 Å². The van der Waals surface area contributed by atoms with Gasteiger partial charge in [0.15, 0.2) is 0 Å². The maximum atomic E-state index is 5.97. The first-order valence-electron chi connectivity index (χ1n) is 3.98. The summed E-state index contributed by atoms with van der Waals surface area (Å²) in [5.74, 6) is 0.984. The Morgan fingerprint density at radius 3 is 2.92 bits per heavy atom. The third-order valence-electron chi connectivity index (χ3n) is 1.91. The third kappa shape index (κ3) is 1.10. The smallest absolute Gasteiger partial charge is 0.135 e. The second kappa shape index (κ2) is 2.83. The Labute approximate surface area is 75.9 Å². The van der Waals surface area contributed by atoms with E-state index in [0.717, 1.165) is 28.2 Å². The Balaban J connectivity index is 2.74. The minimum Gasteiger partial charge on any atom is -0.461 e. The highest BCUT2D eigenvalue weighted by atomic mass is 35.5.